The third-order valence-corrected chi connectivity index (χ3v) is 2.15. The van der Waals surface area contributed by atoms with Crippen LogP contribution >= 0.6 is 0 Å². The van der Waals surface area contributed by atoms with Gasteiger partial charge < -0.3 is 5.32 Å². The van der Waals surface area contributed by atoms with Gasteiger partial charge in [-0.05, 0) is 19.3 Å². The summed E-state index contributed by atoms with van der Waals surface area (Å²) in [7, 11) is 0. The Morgan fingerprint density at radius 3 is 2.50 bits per heavy atom. The van der Waals surface area contributed by atoms with Crippen LogP contribution in [0, 0.1) is 5.92 Å². The van der Waals surface area contributed by atoms with Gasteiger partial charge in [-0.1, -0.05) is 12.8 Å². The Morgan fingerprint density at radius 1 is 1.50 bits per heavy atom. The number of halogens is 3. The summed E-state index contributed by atoms with van der Waals surface area (Å²) in [6, 6.07) is -0.141. The van der Waals surface area contributed by atoms with Crippen molar-refractivity contribution in [1.82, 2.24) is 5.32 Å². The van der Waals surface area contributed by atoms with Gasteiger partial charge in [-0.15, -0.1) is 0 Å². The second-order valence-electron chi connectivity index (χ2n) is 3.94. The topological polar surface area (TPSA) is 29.1 Å². The van der Waals surface area contributed by atoms with Gasteiger partial charge in [-0.3, -0.25) is 4.79 Å². The maximum Gasteiger partial charge on any atom is 0.397 e. The fourth-order valence-electron chi connectivity index (χ4n) is 1.42. The average molecular weight is 209 g/mol. The van der Waals surface area contributed by atoms with Crippen LogP contribution < -0.4 is 5.32 Å². The van der Waals surface area contributed by atoms with Crippen LogP contribution in [0.25, 0.3) is 0 Å². The van der Waals surface area contributed by atoms with Crippen molar-refractivity contribution in [2.75, 3.05) is 0 Å². The molecule has 5 heteroatoms. The molecule has 0 aromatic rings. The van der Waals surface area contributed by atoms with E-state index in [1.54, 1.807) is 6.92 Å². The highest BCUT2D eigenvalue weighted by Gasteiger charge is 2.32. The number of amides is 1. The lowest BCUT2D eigenvalue weighted by Crippen LogP contribution is -2.35. The van der Waals surface area contributed by atoms with Gasteiger partial charge in [0.05, 0.1) is 0 Å². The van der Waals surface area contributed by atoms with E-state index in [1.165, 1.54) is 0 Å². The van der Waals surface area contributed by atoms with E-state index in [9.17, 15) is 18.0 Å². The summed E-state index contributed by atoms with van der Waals surface area (Å²) >= 11 is 0. The smallest absolute Gasteiger partial charge is 0.353 e. The van der Waals surface area contributed by atoms with Crippen LogP contribution in [0.3, 0.4) is 0 Å². The Hall–Kier alpha value is -0.740. The monoisotopic (exact) mass is 209 g/mol. The van der Waals surface area contributed by atoms with Crippen molar-refractivity contribution in [3.05, 3.63) is 0 Å². The molecule has 1 N–H and O–H groups in total. The van der Waals surface area contributed by atoms with Gasteiger partial charge in [0.25, 0.3) is 0 Å². The predicted octanol–water partition coefficient (Wildman–Crippen LogP) is 2.24. The number of alkyl halides is 3. The van der Waals surface area contributed by atoms with E-state index >= 15 is 0 Å². The summed E-state index contributed by atoms with van der Waals surface area (Å²) in [4.78, 5) is 10.8. The quantitative estimate of drug-likeness (QED) is 0.755. The van der Waals surface area contributed by atoms with Crippen molar-refractivity contribution in [1.29, 1.82) is 0 Å². The van der Waals surface area contributed by atoms with Crippen LogP contribution in [0.2, 0.25) is 0 Å². The first-order valence-electron chi connectivity index (χ1n) is 4.73. The largest absolute Gasteiger partial charge is 0.397 e. The molecule has 1 unspecified atom stereocenters. The minimum absolute atomic E-state index is 0.141. The van der Waals surface area contributed by atoms with Crippen molar-refractivity contribution in [2.45, 2.75) is 44.8 Å². The van der Waals surface area contributed by atoms with Crippen molar-refractivity contribution < 1.29 is 18.0 Å². The van der Waals surface area contributed by atoms with Gasteiger partial charge in [-0.25, -0.2) is 0 Å². The number of hydrogen-bond acceptors (Lipinski definition) is 1. The Bertz CT molecular complexity index is 211. The zero-order chi connectivity index (χ0) is 10.8. The number of rotatable bonds is 4. The third-order valence-electron chi connectivity index (χ3n) is 2.15. The molecule has 0 aliphatic heterocycles. The average Bonchev–Trinajstić information content (AvgIpc) is 2.64. The fraction of sp³-hybridized carbons (Fsp3) is 0.889. The molecular formula is C9H14F3NO. The minimum Gasteiger partial charge on any atom is -0.353 e. The number of hydrogen-bond donors (Lipinski definition) is 1. The van der Waals surface area contributed by atoms with Gasteiger partial charge in [0.15, 0.2) is 0 Å². The van der Waals surface area contributed by atoms with Crippen LogP contribution in [0.1, 0.15) is 32.6 Å². The molecule has 1 saturated carbocycles. The maximum absolute atomic E-state index is 11.8. The van der Waals surface area contributed by atoms with Gasteiger partial charge >= 0.3 is 6.18 Å². The standard InChI is InChI=1S/C9H14F3NO/c1-6(4-7-2-3-7)13-8(14)5-9(10,11)12/h6-7H,2-5H2,1H3,(H,13,14). The number of nitrogens with one attached hydrogen (secondary N) is 1. The molecule has 0 saturated heterocycles. The molecule has 0 radical (unpaired) electrons. The highest BCUT2D eigenvalue weighted by atomic mass is 19.4. The zero-order valence-electron chi connectivity index (χ0n) is 8.03. The van der Waals surface area contributed by atoms with Crippen LogP contribution in [-0.2, 0) is 4.79 Å². The highest BCUT2D eigenvalue weighted by molar-refractivity contribution is 5.76. The second kappa shape index (κ2) is 4.19. The molecule has 0 aromatic heterocycles. The number of carbonyl (C=O) groups excluding carboxylic acids is 1. The van der Waals surface area contributed by atoms with E-state index in [-0.39, 0.29) is 6.04 Å². The highest BCUT2D eigenvalue weighted by Crippen LogP contribution is 2.33. The molecular weight excluding hydrogens is 195 g/mol. The summed E-state index contributed by atoms with van der Waals surface area (Å²) in [6.07, 6.45) is -2.70. The number of carbonyl (C=O) groups is 1. The van der Waals surface area contributed by atoms with Crippen LogP contribution in [-0.4, -0.2) is 18.1 Å². The zero-order valence-corrected chi connectivity index (χ0v) is 8.03. The van der Waals surface area contributed by atoms with Crippen molar-refractivity contribution in [3.63, 3.8) is 0 Å². The Balaban J connectivity index is 2.18. The molecule has 0 aromatic carbocycles. The molecule has 1 aliphatic carbocycles. The second-order valence-corrected chi connectivity index (χ2v) is 3.94. The minimum atomic E-state index is -4.40. The first kappa shape index (κ1) is 11.3. The summed E-state index contributed by atoms with van der Waals surface area (Å²) in [5.74, 6) is -0.318. The molecule has 1 fully saturated rings. The lowest BCUT2D eigenvalue weighted by molar-refractivity contribution is -0.154. The van der Waals surface area contributed by atoms with Crippen LogP contribution in [0.15, 0.2) is 0 Å². The first-order chi connectivity index (χ1) is 6.37. The van der Waals surface area contributed by atoms with E-state index in [2.05, 4.69) is 5.32 Å². The Morgan fingerprint density at radius 2 is 2.07 bits per heavy atom. The van der Waals surface area contributed by atoms with E-state index in [1.807, 2.05) is 0 Å². The van der Waals surface area contributed by atoms with E-state index in [0.29, 0.717) is 5.92 Å². The molecule has 2 nitrogen and oxygen atoms in total. The Labute approximate surface area is 80.9 Å². The van der Waals surface area contributed by atoms with Crippen molar-refractivity contribution in [3.8, 4) is 0 Å². The van der Waals surface area contributed by atoms with Gasteiger partial charge in [0, 0.05) is 6.04 Å². The third kappa shape index (κ3) is 5.09. The fourth-order valence-corrected chi connectivity index (χ4v) is 1.42. The molecule has 0 heterocycles. The SMILES string of the molecule is CC(CC1CC1)NC(=O)CC(F)(F)F. The predicted molar refractivity (Wildman–Crippen MR) is 45.6 cm³/mol. The van der Waals surface area contributed by atoms with E-state index in [0.717, 1.165) is 19.3 Å². The summed E-state index contributed by atoms with van der Waals surface area (Å²) in [5, 5.41) is 2.35. The lowest BCUT2D eigenvalue weighted by Gasteiger charge is -2.14. The van der Waals surface area contributed by atoms with Crippen molar-refractivity contribution in [2.24, 2.45) is 5.92 Å². The molecule has 1 rings (SSSR count). The maximum atomic E-state index is 11.8. The Kier molecular flexibility index (Phi) is 3.39. The van der Waals surface area contributed by atoms with Crippen molar-refractivity contribution >= 4 is 5.91 Å². The normalized spacial score (nSPS) is 19.1. The molecule has 1 amide bonds. The van der Waals surface area contributed by atoms with E-state index < -0.39 is 18.5 Å². The molecule has 1 atom stereocenters. The first-order valence-corrected chi connectivity index (χ1v) is 4.73. The summed E-state index contributed by atoms with van der Waals surface area (Å²) < 4.78 is 35.3. The van der Waals surface area contributed by atoms with E-state index in [4.69, 9.17) is 0 Å². The van der Waals surface area contributed by atoms with Gasteiger partial charge in [0.2, 0.25) is 5.91 Å². The molecule has 82 valence electrons. The summed E-state index contributed by atoms with van der Waals surface area (Å²) in [5.41, 5.74) is 0. The molecule has 1 aliphatic rings. The van der Waals surface area contributed by atoms with Crippen LogP contribution in [0.5, 0.6) is 0 Å². The molecule has 0 spiro atoms. The molecule has 14 heavy (non-hydrogen) atoms. The molecule has 0 bridgehead atoms. The van der Waals surface area contributed by atoms with Crippen LogP contribution in [0.4, 0.5) is 13.2 Å². The van der Waals surface area contributed by atoms with Gasteiger partial charge in [0.1, 0.15) is 6.42 Å². The lowest BCUT2D eigenvalue weighted by atomic mass is 10.1. The summed E-state index contributed by atoms with van der Waals surface area (Å²) in [6.45, 7) is 1.74. The van der Waals surface area contributed by atoms with Gasteiger partial charge in [-0.2, -0.15) is 13.2 Å².